The van der Waals surface area contributed by atoms with E-state index >= 15 is 0 Å². The summed E-state index contributed by atoms with van der Waals surface area (Å²) in [4.78, 5) is 15.8. The Bertz CT molecular complexity index is 712. The van der Waals surface area contributed by atoms with Crippen LogP contribution < -0.4 is 5.69 Å². The van der Waals surface area contributed by atoms with Crippen molar-refractivity contribution in [1.29, 1.82) is 0 Å². The van der Waals surface area contributed by atoms with Crippen LogP contribution in [0.15, 0.2) is 40.5 Å². The van der Waals surface area contributed by atoms with Crippen molar-refractivity contribution in [3.05, 3.63) is 56.1 Å². The van der Waals surface area contributed by atoms with Gasteiger partial charge in [0.05, 0.1) is 17.6 Å². The van der Waals surface area contributed by atoms with Gasteiger partial charge in [-0.3, -0.25) is 4.57 Å². The first-order chi connectivity index (χ1) is 8.24. The molecule has 17 heavy (non-hydrogen) atoms. The van der Waals surface area contributed by atoms with Gasteiger partial charge in [0.15, 0.2) is 0 Å². The molecule has 5 heteroatoms. The molecular weight excluding hydrogens is 256 g/mol. The zero-order valence-electron chi connectivity index (χ0n) is 8.81. The monoisotopic (exact) mass is 264 g/mol. The Labute approximate surface area is 106 Å². The number of hydrogen-bond acceptors (Lipinski definition) is 2. The zero-order valence-corrected chi connectivity index (χ0v) is 10.4. The van der Waals surface area contributed by atoms with Crippen molar-refractivity contribution in [3.63, 3.8) is 0 Å². The molecule has 0 unspecified atom stereocenters. The third-order valence-corrected chi connectivity index (χ3v) is 3.73. The van der Waals surface area contributed by atoms with E-state index in [0.717, 1.165) is 15.9 Å². The number of nitrogens with one attached hydrogen (secondary N) is 1. The highest BCUT2D eigenvalue weighted by molar-refractivity contribution is 7.09. The molecule has 2 heterocycles. The number of benzene rings is 1. The van der Waals surface area contributed by atoms with Crippen LogP contribution in [0.5, 0.6) is 0 Å². The highest BCUT2D eigenvalue weighted by atomic mass is 35.5. The number of thiophene rings is 1. The lowest BCUT2D eigenvalue weighted by atomic mass is 10.3. The van der Waals surface area contributed by atoms with Gasteiger partial charge in [0.25, 0.3) is 0 Å². The van der Waals surface area contributed by atoms with Crippen LogP contribution in [0.4, 0.5) is 0 Å². The van der Waals surface area contributed by atoms with Gasteiger partial charge in [0.2, 0.25) is 0 Å². The van der Waals surface area contributed by atoms with Crippen LogP contribution in [-0.2, 0) is 6.54 Å². The highest BCUT2D eigenvalue weighted by Gasteiger charge is 2.07. The first kappa shape index (κ1) is 10.6. The van der Waals surface area contributed by atoms with Gasteiger partial charge in [-0.25, -0.2) is 4.79 Å². The number of aromatic amines is 1. The molecule has 0 fully saturated rings. The molecule has 86 valence electrons. The predicted molar refractivity (Wildman–Crippen MR) is 71.0 cm³/mol. The molecule has 0 aliphatic rings. The van der Waals surface area contributed by atoms with E-state index in [1.165, 1.54) is 0 Å². The van der Waals surface area contributed by atoms with Gasteiger partial charge in [0.1, 0.15) is 0 Å². The Morgan fingerprint density at radius 1 is 1.35 bits per heavy atom. The van der Waals surface area contributed by atoms with E-state index in [0.29, 0.717) is 11.6 Å². The second kappa shape index (κ2) is 4.05. The van der Waals surface area contributed by atoms with Crippen LogP contribution in [-0.4, -0.2) is 9.55 Å². The van der Waals surface area contributed by atoms with E-state index < -0.39 is 0 Å². The first-order valence-electron chi connectivity index (χ1n) is 5.14. The minimum atomic E-state index is -0.101. The van der Waals surface area contributed by atoms with Crippen molar-refractivity contribution in [3.8, 4) is 0 Å². The van der Waals surface area contributed by atoms with Crippen molar-refractivity contribution in [2.75, 3.05) is 0 Å². The third-order valence-electron chi connectivity index (χ3n) is 2.63. The van der Waals surface area contributed by atoms with E-state index in [4.69, 9.17) is 11.6 Å². The van der Waals surface area contributed by atoms with Crippen LogP contribution >= 0.6 is 22.9 Å². The normalized spacial score (nSPS) is 11.1. The van der Waals surface area contributed by atoms with Gasteiger partial charge >= 0.3 is 5.69 Å². The minimum absolute atomic E-state index is 0.101. The molecule has 0 spiro atoms. The van der Waals surface area contributed by atoms with Gasteiger partial charge in [-0.1, -0.05) is 17.7 Å². The maximum atomic E-state index is 11.8. The average molecular weight is 265 g/mol. The molecule has 0 aliphatic heterocycles. The molecule has 0 aliphatic carbocycles. The van der Waals surface area contributed by atoms with E-state index in [1.54, 1.807) is 28.0 Å². The van der Waals surface area contributed by atoms with Crippen LogP contribution in [0.3, 0.4) is 0 Å². The molecule has 0 saturated carbocycles. The van der Waals surface area contributed by atoms with Crippen LogP contribution in [0.1, 0.15) is 4.88 Å². The summed E-state index contributed by atoms with van der Waals surface area (Å²) in [6.45, 7) is 0.595. The summed E-state index contributed by atoms with van der Waals surface area (Å²) in [5, 5.41) is 2.63. The maximum Gasteiger partial charge on any atom is 0.326 e. The topological polar surface area (TPSA) is 37.8 Å². The number of imidazole rings is 1. The summed E-state index contributed by atoms with van der Waals surface area (Å²) in [6.07, 6.45) is 0. The van der Waals surface area contributed by atoms with Crippen molar-refractivity contribution in [2.24, 2.45) is 0 Å². The molecule has 0 radical (unpaired) electrons. The lowest BCUT2D eigenvalue weighted by Crippen LogP contribution is -2.16. The maximum absolute atomic E-state index is 11.8. The molecule has 0 atom stereocenters. The summed E-state index contributed by atoms with van der Waals surface area (Å²) >= 11 is 7.54. The van der Waals surface area contributed by atoms with Crippen LogP contribution in [0.25, 0.3) is 11.0 Å². The Morgan fingerprint density at radius 2 is 2.24 bits per heavy atom. The SMILES string of the molecule is O=c1[nH]c2cc(Cl)ccc2n1Cc1cccs1. The number of H-pyrrole nitrogens is 1. The molecule has 2 aromatic heterocycles. The summed E-state index contributed by atoms with van der Waals surface area (Å²) in [7, 11) is 0. The van der Waals surface area contributed by atoms with E-state index in [-0.39, 0.29) is 5.69 Å². The van der Waals surface area contributed by atoms with Crippen LogP contribution in [0.2, 0.25) is 5.02 Å². The largest absolute Gasteiger partial charge is 0.326 e. The van der Waals surface area contributed by atoms with E-state index in [2.05, 4.69) is 4.98 Å². The smallest absolute Gasteiger partial charge is 0.305 e. The Kier molecular flexibility index (Phi) is 2.53. The Balaban J connectivity index is 2.16. The lowest BCUT2D eigenvalue weighted by molar-refractivity contribution is 0.798. The third kappa shape index (κ3) is 1.90. The van der Waals surface area contributed by atoms with Gasteiger partial charge in [0, 0.05) is 9.90 Å². The van der Waals surface area contributed by atoms with Gasteiger partial charge in [-0.2, -0.15) is 0 Å². The molecular formula is C12H9ClN2OS. The number of rotatable bonds is 2. The van der Waals surface area contributed by atoms with Crippen molar-refractivity contribution < 1.29 is 0 Å². The first-order valence-corrected chi connectivity index (χ1v) is 6.40. The zero-order chi connectivity index (χ0) is 11.8. The van der Waals surface area contributed by atoms with Gasteiger partial charge in [-0.15, -0.1) is 11.3 Å². The molecule has 3 aromatic rings. The van der Waals surface area contributed by atoms with Gasteiger partial charge in [-0.05, 0) is 29.6 Å². The lowest BCUT2D eigenvalue weighted by Gasteiger charge is -2.00. The van der Waals surface area contributed by atoms with Gasteiger partial charge < -0.3 is 4.98 Å². The molecule has 3 nitrogen and oxygen atoms in total. The fourth-order valence-electron chi connectivity index (χ4n) is 1.85. The standard InChI is InChI=1S/C12H9ClN2OS/c13-8-3-4-11-10(6-8)14-12(16)15(11)7-9-2-1-5-17-9/h1-6H,7H2,(H,14,16). The molecule has 0 saturated heterocycles. The number of nitrogens with zero attached hydrogens (tertiary/aromatic N) is 1. The summed E-state index contributed by atoms with van der Waals surface area (Å²) in [5.74, 6) is 0. The quantitative estimate of drug-likeness (QED) is 0.759. The summed E-state index contributed by atoms with van der Waals surface area (Å²) in [6, 6.07) is 9.43. The number of aromatic nitrogens is 2. The predicted octanol–water partition coefficient (Wildman–Crippen LogP) is 3.09. The molecule has 0 bridgehead atoms. The van der Waals surface area contributed by atoms with Crippen molar-refractivity contribution in [1.82, 2.24) is 9.55 Å². The number of hydrogen-bond donors (Lipinski definition) is 1. The Hall–Kier alpha value is -1.52. The molecule has 1 N–H and O–H groups in total. The number of halogens is 1. The van der Waals surface area contributed by atoms with Crippen molar-refractivity contribution in [2.45, 2.75) is 6.54 Å². The van der Waals surface area contributed by atoms with Crippen molar-refractivity contribution >= 4 is 34.0 Å². The summed E-state index contributed by atoms with van der Waals surface area (Å²) < 4.78 is 1.72. The second-order valence-corrected chi connectivity index (χ2v) is 5.23. The fraction of sp³-hybridized carbons (Fsp3) is 0.0833. The highest BCUT2D eigenvalue weighted by Crippen LogP contribution is 2.18. The van der Waals surface area contributed by atoms with E-state index in [1.807, 2.05) is 23.6 Å². The van der Waals surface area contributed by atoms with Crippen LogP contribution in [0, 0.1) is 0 Å². The molecule has 3 rings (SSSR count). The molecule has 0 amide bonds. The van der Waals surface area contributed by atoms with E-state index in [9.17, 15) is 4.79 Å². The second-order valence-electron chi connectivity index (χ2n) is 3.76. The molecule has 1 aromatic carbocycles. The fourth-order valence-corrected chi connectivity index (χ4v) is 2.72. The average Bonchev–Trinajstić information content (AvgIpc) is 2.88. The minimum Gasteiger partial charge on any atom is -0.305 e. The summed E-state index contributed by atoms with van der Waals surface area (Å²) in [5.41, 5.74) is 1.56. The number of fused-ring (bicyclic) bond motifs is 1. The Morgan fingerprint density at radius 3 is 3.00 bits per heavy atom.